The molecule has 0 saturated carbocycles. The van der Waals surface area contributed by atoms with Crippen LogP contribution >= 0.6 is 11.6 Å². The molecule has 7 nitrogen and oxygen atoms in total. The summed E-state index contributed by atoms with van der Waals surface area (Å²) in [5, 5.41) is -0.361. The van der Waals surface area contributed by atoms with E-state index >= 15 is 0 Å². The molecule has 2 heterocycles. The number of carbonyl (C=O) groups is 1. The maximum absolute atomic E-state index is 14.3. The second-order valence-electron chi connectivity index (χ2n) is 5.88. The van der Waals surface area contributed by atoms with Gasteiger partial charge in [0.1, 0.15) is 24.2 Å². The van der Waals surface area contributed by atoms with Gasteiger partial charge in [0, 0.05) is 13.1 Å². The third-order valence-electron chi connectivity index (χ3n) is 3.91. The SMILES string of the molecule is Cn1c(C(F)(F)F)cc(=O)n(-c2cc(C(=O)OCC3CO3)c(Cl)cc2F)c1=O. The molecular formula is C16H11ClF4N2O5. The summed E-state index contributed by atoms with van der Waals surface area (Å²) in [6.07, 6.45) is -5.22. The molecule has 1 saturated heterocycles. The summed E-state index contributed by atoms with van der Waals surface area (Å²) >= 11 is 5.82. The van der Waals surface area contributed by atoms with E-state index < -0.39 is 40.6 Å². The zero-order valence-corrected chi connectivity index (χ0v) is 14.8. The van der Waals surface area contributed by atoms with Crippen molar-refractivity contribution < 1.29 is 31.8 Å². The maximum Gasteiger partial charge on any atom is 0.431 e. The van der Waals surface area contributed by atoms with E-state index in [-0.39, 0.29) is 38.5 Å². The summed E-state index contributed by atoms with van der Waals surface area (Å²) in [6, 6.07) is 1.58. The molecule has 1 unspecified atom stereocenters. The van der Waals surface area contributed by atoms with E-state index in [1.807, 2.05) is 0 Å². The van der Waals surface area contributed by atoms with Crippen LogP contribution in [0.2, 0.25) is 5.02 Å². The van der Waals surface area contributed by atoms with Gasteiger partial charge in [-0.3, -0.25) is 9.36 Å². The van der Waals surface area contributed by atoms with Gasteiger partial charge in [-0.1, -0.05) is 11.6 Å². The zero-order chi connectivity index (χ0) is 20.8. The van der Waals surface area contributed by atoms with Crippen LogP contribution < -0.4 is 11.2 Å². The summed E-state index contributed by atoms with van der Waals surface area (Å²) in [6.45, 7) is 0.330. The van der Waals surface area contributed by atoms with Crippen LogP contribution in [0, 0.1) is 5.82 Å². The number of hydrogen-bond acceptors (Lipinski definition) is 5. The minimum atomic E-state index is -4.97. The van der Waals surface area contributed by atoms with E-state index in [2.05, 4.69) is 0 Å². The molecule has 2 aromatic rings. The molecule has 0 radical (unpaired) electrons. The smallest absolute Gasteiger partial charge is 0.431 e. The van der Waals surface area contributed by atoms with Crippen LogP contribution in [0.1, 0.15) is 16.1 Å². The number of nitrogens with zero attached hydrogens (tertiary/aromatic N) is 2. The van der Waals surface area contributed by atoms with Gasteiger partial charge >= 0.3 is 17.8 Å². The van der Waals surface area contributed by atoms with Gasteiger partial charge in [-0.2, -0.15) is 13.2 Å². The van der Waals surface area contributed by atoms with Crippen LogP contribution in [0.3, 0.4) is 0 Å². The first kappa shape index (κ1) is 20.1. The molecule has 0 N–H and O–H groups in total. The molecule has 12 heteroatoms. The average molecular weight is 423 g/mol. The van der Waals surface area contributed by atoms with Crippen LogP contribution in [0.25, 0.3) is 5.69 Å². The van der Waals surface area contributed by atoms with Crippen LogP contribution in [0.4, 0.5) is 17.6 Å². The Morgan fingerprint density at radius 1 is 1.32 bits per heavy atom. The van der Waals surface area contributed by atoms with Gasteiger partial charge in [0.05, 0.1) is 22.9 Å². The number of esters is 1. The van der Waals surface area contributed by atoms with Gasteiger partial charge < -0.3 is 9.47 Å². The van der Waals surface area contributed by atoms with Crippen molar-refractivity contribution in [3.63, 3.8) is 0 Å². The van der Waals surface area contributed by atoms with E-state index in [4.69, 9.17) is 21.1 Å². The Balaban J connectivity index is 2.12. The molecule has 0 spiro atoms. The fourth-order valence-corrected chi connectivity index (χ4v) is 2.62. The summed E-state index contributed by atoms with van der Waals surface area (Å²) < 4.78 is 63.2. The van der Waals surface area contributed by atoms with Crippen LogP contribution in [-0.4, -0.2) is 34.4 Å². The van der Waals surface area contributed by atoms with Crippen molar-refractivity contribution in [3.8, 4) is 5.69 Å². The minimum absolute atomic E-state index is 0.0795. The Morgan fingerprint density at radius 3 is 2.54 bits per heavy atom. The first-order valence-corrected chi connectivity index (χ1v) is 8.07. The van der Waals surface area contributed by atoms with Crippen molar-refractivity contribution in [3.05, 3.63) is 61.1 Å². The molecule has 1 aliphatic heterocycles. The number of benzene rings is 1. The van der Waals surface area contributed by atoms with E-state index in [9.17, 15) is 31.9 Å². The van der Waals surface area contributed by atoms with Gasteiger partial charge in [-0.15, -0.1) is 0 Å². The standard InChI is InChI=1S/C16H11ClF4N2O5/c1-22-12(16(19,20)21)4-13(24)23(15(22)26)11-2-8(9(17)3-10(11)18)14(25)28-6-7-5-27-7/h2-4,7H,5-6H2,1H3. The lowest BCUT2D eigenvalue weighted by molar-refractivity contribution is -0.144. The third kappa shape index (κ3) is 3.80. The minimum Gasteiger partial charge on any atom is -0.459 e. The van der Waals surface area contributed by atoms with Crippen molar-refractivity contribution in [2.75, 3.05) is 13.2 Å². The fourth-order valence-electron chi connectivity index (χ4n) is 2.40. The normalized spacial score (nSPS) is 16.1. The van der Waals surface area contributed by atoms with Crippen LogP contribution in [0.5, 0.6) is 0 Å². The van der Waals surface area contributed by atoms with Crippen molar-refractivity contribution >= 4 is 17.6 Å². The lowest BCUT2D eigenvalue weighted by atomic mass is 10.2. The van der Waals surface area contributed by atoms with Crippen molar-refractivity contribution in [1.29, 1.82) is 0 Å². The number of aromatic nitrogens is 2. The Hall–Kier alpha value is -2.66. The van der Waals surface area contributed by atoms with E-state index in [0.717, 1.165) is 13.1 Å². The predicted octanol–water partition coefficient (Wildman–Crippen LogP) is 1.90. The van der Waals surface area contributed by atoms with E-state index in [1.165, 1.54) is 0 Å². The number of halogens is 5. The number of rotatable bonds is 4. The van der Waals surface area contributed by atoms with Crippen molar-refractivity contribution in [2.24, 2.45) is 7.05 Å². The molecule has 3 rings (SSSR count). The number of hydrogen-bond donors (Lipinski definition) is 0. The molecule has 0 bridgehead atoms. The second-order valence-corrected chi connectivity index (χ2v) is 6.29. The lowest BCUT2D eigenvalue weighted by Crippen LogP contribution is -2.41. The quantitative estimate of drug-likeness (QED) is 0.427. The number of ether oxygens (including phenoxy) is 2. The van der Waals surface area contributed by atoms with Gasteiger partial charge in [0.2, 0.25) is 0 Å². The number of epoxide rings is 1. The number of carbonyl (C=O) groups excluding carboxylic acids is 1. The Morgan fingerprint density at radius 2 is 1.96 bits per heavy atom. The summed E-state index contributed by atoms with van der Waals surface area (Å²) in [5.41, 5.74) is -5.49. The lowest BCUT2D eigenvalue weighted by Gasteiger charge is -2.15. The van der Waals surface area contributed by atoms with Gasteiger partial charge in [-0.25, -0.2) is 18.5 Å². The second kappa shape index (κ2) is 7.06. The van der Waals surface area contributed by atoms with Gasteiger partial charge in [-0.05, 0) is 12.1 Å². The molecule has 1 aromatic carbocycles. The first-order valence-electron chi connectivity index (χ1n) is 7.69. The molecule has 1 atom stereocenters. The van der Waals surface area contributed by atoms with E-state index in [1.54, 1.807) is 0 Å². The first-order chi connectivity index (χ1) is 13.0. The highest BCUT2D eigenvalue weighted by atomic mass is 35.5. The Bertz CT molecular complexity index is 1070. The average Bonchev–Trinajstić information content (AvgIpc) is 3.41. The van der Waals surface area contributed by atoms with Crippen LogP contribution in [-0.2, 0) is 22.7 Å². The predicted molar refractivity (Wildman–Crippen MR) is 87.3 cm³/mol. The molecule has 1 aliphatic rings. The fraction of sp³-hybridized carbons (Fsp3) is 0.312. The topological polar surface area (TPSA) is 82.8 Å². The van der Waals surface area contributed by atoms with Crippen LogP contribution in [0.15, 0.2) is 27.8 Å². The summed E-state index contributed by atoms with van der Waals surface area (Å²) in [5.74, 6) is -2.16. The van der Waals surface area contributed by atoms with E-state index in [0.29, 0.717) is 12.7 Å². The summed E-state index contributed by atoms with van der Waals surface area (Å²) in [4.78, 5) is 36.5. The summed E-state index contributed by atoms with van der Waals surface area (Å²) in [7, 11) is 0.778. The molecular weight excluding hydrogens is 412 g/mol. The highest BCUT2D eigenvalue weighted by molar-refractivity contribution is 6.33. The zero-order valence-electron chi connectivity index (χ0n) is 14.0. The molecule has 1 fully saturated rings. The largest absolute Gasteiger partial charge is 0.459 e. The van der Waals surface area contributed by atoms with Crippen molar-refractivity contribution in [1.82, 2.24) is 9.13 Å². The maximum atomic E-state index is 14.3. The third-order valence-corrected chi connectivity index (χ3v) is 4.22. The molecule has 1 aromatic heterocycles. The Kier molecular flexibility index (Phi) is 5.06. The molecule has 150 valence electrons. The number of alkyl halides is 3. The highest BCUT2D eigenvalue weighted by Gasteiger charge is 2.35. The molecule has 28 heavy (non-hydrogen) atoms. The molecule has 0 amide bonds. The Labute approximate surface area is 158 Å². The van der Waals surface area contributed by atoms with Crippen molar-refractivity contribution in [2.45, 2.75) is 12.3 Å². The van der Waals surface area contributed by atoms with Gasteiger partial charge in [0.15, 0.2) is 0 Å². The monoisotopic (exact) mass is 422 g/mol. The highest BCUT2D eigenvalue weighted by Crippen LogP contribution is 2.28. The molecule has 0 aliphatic carbocycles. The van der Waals surface area contributed by atoms with Gasteiger partial charge in [0.25, 0.3) is 5.56 Å².